The van der Waals surface area contributed by atoms with Crippen LogP contribution in [0.25, 0.3) is 0 Å². The lowest BCUT2D eigenvalue weighted by atomic mass is 9.85. The van der Waals surface area contributed by atoms with Gasteiger partial charge in [0.1, 0.15) is 0 Å². The minimum Gasteiger partial charge on any atom is -0.316 e. The minimum absolute atomic E-state index is 0.0512. The predicted molar refractivity (Wildman–Crippen MR) is 76.8 cm³/mol. The molecule has 0 aliphatic heterocycles. The summed E-state index contributed by atoms with van der Waals surface area (Å²) in [4.78, 5) is 1.61. The summed E-state index contributed by atoms with van der Waals surface area (Å²) in [6.45, 7) is 6.22. The maximum atomic E-state index is 12.7. The fourth-order valence-corrected chi connectivity index (χ4v) is 3.30. The zero-order valence-corrected chi connectivity index (χ0v) is 12.9. The van der Waals surface area contributed by atoms with Crippen LogP contribution >= 0.6 is 0 Å². The highest BCUT2D eigenvalue weighted by atomic mass is 19.4. The number of nitrogens with one attached hydrogen (secondary N) is 1. The average Bonchev–Trinajstić information content (AvgIpc) is 2.76. The van der Waals surface area contributed by atoms with Crippen molar-refractivity contribution in [2.45, 2.75) is 58.5 Å². The first-order valence-electron chi connectivity index (χ1n) is 7.90. The molecule has 0 amide bonds. The van der Waals surface area contributed by atoms with Crippen molar-refractivity contribution in [3.05, 3.63) is 0 Å². The van der Waals surface area contributed by atoms with Crippen molar-refractivity contribution in [3.63, 3.8) is 0 Å². The molecule has 1 aliphatic carbocycles. The molecule has 0 saturated heterocycles. The van der Waals surface area contributed by atoms with Gasteiger partial charge in [-0.25, -0.2) is 0 Å². The Morgan fingerprint density at radius 2 is 1.75 bits per heavy atom. The van der Waals surface area contributed by atoms with Gasteiger partial charge in [0, 0.05) is 13.1 Å². The van der Waals surface area contributed by atoms with Crippen LogP contribution in [0.3, 0.4) is 0 Å². The number of halogens is 3. The standard InChI is InChI=1S/C15H29F3N2/c1-3-9-19-11-14(7-5-6-8-14)12-20(10-4-2)13-15(16,17)18/h19H,3-13H2,1-2H3. The fourth-order valence-electron chi connectivity index (χ4n) is 3.30. The molecule has 2 nitrogen and oxygen atoms in total. The Hall–Kier alpha value is -0.290. The first kappa shape index (κ1) is 17.8. The van der Waals surface area contributed by atoms with Crippen LogP contribution in [-0.4, -0.2) is 43.8 Å². The van der Waals surface area contributed by atoms with Crippen LogP contribution in [-0.2, 0) is 0 Å². The van der Waals surface area contributed by atoms with E-state index in [0.717, 1.165) is 51.6 Å². The monoisotopic (exact) mass is 294 g/mol. The SMILES string of the molecule is CCCNCC1(CN(CCC)CC(F)(F)F)CCCC1. The van der Waals surface area contributed by atoms with Crippen molar-refractivity contribution >= 4 is 0 Å². The van der Waals surface area contributed by atoms with Gasteiger partial charge < -0.3 is 5.32 Å². The van der Waals surface area contributed by atoms with Crippen LogP contribution < -0.4 is 5.32 Å². The minimum atomic E-state index is -4.09. The molecule has 0 radical (unpaired) electrons. The quantitative estimate of drug-likeness (QED) is 0.650. The highest BCUT2D eigenvalue weighted by Gasteiger charge is 2.38. The van der Waals surface area contributed by atoms with Crippen LogP contribution in [0.5, 0.6) is 0 Å². The summed E-state index contributed by atoms with van der Waals surface area (Å²) in [7, 11) is 0. The molecule has 0 atom stereocenters. The summed E-state index contributed by atoms with van der Waals surface area (Å²) < 4.78 is 38.0. The maximum Gasteiger partial charge on any atom is 0.401 e. The molecular weight excluding hydrogens is 265 g/mol. The number of hydrogen-bond acceptors (Lipinski definition) is 2. The van der Waals surface area contributed by atoms with Gasteiger partial charge in [0.15, 0.2) is 0 Å². The van der Waals surface area contributed by atoms with Crippen molar-refractivity contribution in [1.82, 2.24) is 10.2 Å². The molecule has 0 spiro atoms. The molecule has 0 unspecified atom stereocenters. The highest BCUT2D eigenvalue weighted by molar-refractivity contribution is 4.89. The van der Waals surface area contributed by atoms with Gasteiger partial charge in [-0.3, -0.25) is 4.90 Å². The Bertz CT molecular complexity index is 260. The van der Waals surface area contributed by atoms with Gasteiger partial charge in [-0.05, 0) is 44.2 Å². The number of alkyl halides is 3. The summed E-state index contributed by atoms with van der Waals surface area (Å²) in [5.74, 6) is 0. The molecule has 1 aliphatic rings. The zero-order valence-electron chi connectivity index (χ0n) is 12.9. The summed E-state index contributed by atoms with van der Waals surface area (Å²) in [6.07, 6.45) is 2.17. The highest BCUT2D eigenvalue weighted by Crippen LogP contribution is 2.38. The van der Waals surface area contributed by atoms with Crippen LogP contribution in [0.15, 0.2) is 0 Å². The summed E-state index contributed by atoms with van der Waals surface area (Å²) in [5, 5.41) is 3.42. The predicted octanol–water partition coefficient (Wildman–Crippen LogP) is 3.82. The molecule has 120 valence electrons. The van der Waals surface area contributed by atoms with Crippen LogP contribution in [0.1, 0.15) is 52.4 Å². The molecular formula is C15H29F3N2. The van der Waals surface area contributed by atoms with E-state index in [1.807, 2.05) is 6.92 Å². The Morgan fingerprint density at radius 1 is 1.10 bits per heavy atom. The van der Waals surface area contributed by atoms with Gasteiger partial charge in [0.05, 0.1) is 6.54 Å². The van der Waals surface area contributed by atoms with Crippen molar-refractivity contribution in [2.75, 3.05) is 32.7 Å². The first-order chi connectivity index (χ1) is 9.41. The third kappa shape index (κ3) is 6.44. The Balaban J connectivity index is 2.60. The second-order valence-corrected chi connectivity index (χ2v) is 6.21. The third-order valence-corrected chi connectivity index (χ3v) is 4.09. The number of nitrogens with zero attached hydrogens (tertiary/aromatic N) is 1. The van der Waals surface area contributed by atoms with Crippen molar-refractivity contribution in [3.8, 4) is 0 Å². The fraction of sp³-hybridized carbons (Fsp3) is 1.00. The molecule has 1 saturated carbocycles. The molecule has 0 bridgehead atoms. The van der Waals surface area contributed by atoms with Gasteiger partial charge in [-0.2, -0.15) is 13.2 Å². The number of rotatable bonds is 9. The summed E-state index contributed by atoms with van der Waals surface area (Å²) in [6, 6.07) is 0. The van der Waals surface area contributed by atoms with E-state index in [1.165, 1.54) is 0 Å². The molecule has 0 aromatic heterocycles. The molecule has 1 rings (SSSR count). The van der Waals surface area contributed by atoms with Crippen LogP contribution in [0.2, 0.25) is 0 Å². The zero-order chi connectivity index (χ0) is 15.1. The second kappa shape index (κ2) is 8.23. The lowest BCUT2D eigenvalue weighted by Crippen LogP contribution is -2.46. The molecule has 0 heterocycles. The van der Waals surface area contributed by atoms with Crippen molar-refractivity contribution in [2.24, 2.45) is 5.41 Å². The van der Waals surface area contributed by atoms with E-state index in [-0.39, 0.29) is 5.41 Å². The van der Waals surface area contributed by atoms with E-state index in [4.69, 9.17) is 0 Å². The van der Waals surface area contributed by atoms with Crippen molar-refractivity contribution < 1.29 is 13.2 Å². The second-order valence-electron chi connectivity index (χ2n) is 6.21. The van der Waals surface area contributed by atoms with Gasteiger partial charge >= 0.3 is 6.18 Å². The van der Waals surface area contributed by atoms with Gasteiger partial charge in [-0.1, -0.05) is 26.7 Å². The summed E-state index contributed by atoms with van der Waals surface area (Å²) >= 11 is 0. The van der Waals surface area contributed by atoms with Gasteiger partial charge in [0.2, 0.25) is 0 Å². The Morgan fingerprint density at radius 3 is 2.25 bits per heavy atom. The molecule has 1 N–H and O–H groups in total. The molecule has 1 fully saturated rings. The van der Waals surface area contributed by atoms with E-state index in [2.05, 4.69) is 12.2 Å². The lowest BCUT2D eigenvalue weighted by molar-refractivity contribution is -0.149. The van der Waals surface area contributed by atoms with Crippen LogP contribution in [0, 0.1) is 5.41 Å². The van der Waals surface area contributed by atoms with E-state index < -0.39 is 12.7 Å². The van der Waals surface area contributed by atoms with Gasteiger partial charge in [-0.15, -0.1) is 0 Å². The molecule has 0 aromatic carbocycles. The Kier molecular flexibility index (Phi) is 7.30. The van der Waals surface area contributed by atoms with E-state index in [0.29, 0.717) is 13.1 Å². The smallest absolute Gasteiger partial charge is 0.316 e. The van der Waals surface area contributed by atoms with E-state index >= 15 is 0 Å². The van der Waals surface area contributed by atoms with E-state index in [9.17, 15) is 13.2 Å². The molecule has 0 aromatic rings. The molecule has 20 heavy (non-hydrogen) atoms. The van der Waals surface area contributed by atoms with Crippen molar-refractivity contribution in [1.29, 1.82) is 0 Å². The lowest BCUT2D eigenvalue weighted by Gasteiger charge is -2.36. The normalized spacial score (nSPS) is 18.9. The first-order valence-corrected chi connectivity index (χ1v) is 7.90. The largest absolute Gasteiger partial charge is 0.401 e. The Labute approximate surface area is 121 Å². The summed E-state index contributed by atoms with van der Waals surface area (Å²) in [5.41, 5.74) is 0.0512. The van der Waals surface area contributed by atoms with Crippen LogP contribution in [0.4, 0.5) is 13.2 Å². The topological polar surface area (TPSA) is 15.3 Å². The van der Waals surface area contributed by atoms with Gasteiger partial charge in [0.25, 0.3) is 0 Å². The molecule has 5 heteroatoms. The maximum absolute atomic E-state index is 12.7. The van der Waals surface area contributed by atoms with E-state index in [1.54, 1.807) is 4.90 Å². The average molecular weight is 294 g/mol. The third-order valence-electron chi connectivity index (χ3n) is 4.09. The number of hydrogen-bond donors (Lipinski definition) is 1.